The van der Waals surface area contributed by atoms with Crippen molar-refractivity contribution >= 4 is 5.84 Å². The fourth-order valence-electron chi connectivity index (χ4n) is 2.19. The minimum absolute atomic E-state index is 0.198. The van der Waals surface area contributed by atoms with Gasteiger partial charge in [0.05, 0.1) is 6.54 Å². The van der Waals surface area contributed by atoms with Gasteiger partial charge in [-0.3, -0.25) is 4.99 Å². The maximum Gasteiger partial charge on any atom is 0.245 e. The molecule has 0 aliphatic carbocycles. The van der Waals surface area contributed by atoms with E-state index in [2.05, 4.69) is 11.1 Å². The van der Waals surface area contributed by atoms with Crippen molar-refractivity contribution in [3.63, 3.8) is 0 Å². The van der Waals surface area contributed by atoms with Gasteiger partial charge >= 0.3 is 0 Å². The third-order valence-electron chi connectivity index (χ3n) is 3.52. The average Bonchev–Trinajstić information content (AvgIpc) is 3.05. The van der Waals surface area contributed by atoms with E-state index in [-0.39, 0.29) is 5.84 Å². The maximum atomic E-state index is 9.41. The van der Waals surface area contributed by atoms with Crippen LogP contribution in [0.1, 0.15) is 18.1 Å². The molecule has 5 nitrogen and oxygen atoms in total. The molecule has 1 heterocycles. The number of nitrogens with two attached hydrogens (primary N) is 2. The molecule has 2 rings (SSSR count). The molecule has 0 spiro atoms. The Bertz CT molecular complexity index is 546. The van der Waals surface area contributed by atoms with E-state index in [4.69, 9.17) is 16.2 Å². The summed E-state index contributed by atoms with van der Waals surface area (Å²) in [4.78, 5) is 4.11. The summed E-state index contributed by atoms with van der Waals surface area (Å²) in [6, 6.07) is 10.0. The van der Waals surface area contributed by atoms with Gasteiger partial charge in [-0.05, 0) is 19.4 Å². The Hall–Kier alpha value is -1.90. The third-order valence-corrected chi connectivity index (χ3v) is 3.52. The number of hydrogen-bond donors (Lipinski definition) is 2. The molecule has 0 bridgehead atoms. The Labute approximate surface area is 112 Å². The lowest BCUT2D eigenvalue weighted by molar-refractivity contribution is 0.311. The molecule has 1 fully saturated rings. The SMILES string of the molecule is Cc1ccc([C@]2(C)O[C@@]2(C#N)C(N)=NCCN)cc1. The molecule has 4 N–H and O–H groups in total. The second kappa shape index (κ2) is 4.65. The fraction of sp³-hybridized carbons (Fsp3) is 0.429. The molecular formula is C14H18N4O. The second-order valence-electron chi connectivity index (χ2n) is 4.85. The van der Waals surface area contributed by atoms with Gasteiger partial charge in [-0.15, -0.1) is 0 Å². The van der Waals surface area contributed by atoms with Gasteiger partial charge in [0.15, 0.2) is 0 Å². The average molecular weight is 258 g/mol. The van der Waals surface area contributed by atoms with Crippen molar-refractivity contribution in [2.75, 3.05) is 13.1 Å². The zero-order valence-corrected chi connectivity index (χ0v) is 11.2. The van der Waals surface area contributed by atoms with Crippen molar-refractivity contribution in [1.29, 1.82) is 5.26 Å². The molecule has 1 aromatic carbocycles. The molecule has 2 atom stereocenters. The Balaban J connectivity index is 2.33. The van der Waals surface area contributed by atoms with Crippen molar-refractivity contribution in [3.05, 3.63) is 35.4 Å². The van der Waals surface area contributed by atoms with E-state index < -0.39 is 11.2 Å². The molecule has 0 unspecified atom stereocenters. The van der Waals surface area contributed by atoms with Crippen molar-refractivity contribution in [2.45, 2.75) is 25.0 Å². The lowest BCUT2D eigenvalue weighted by atomic mass is 9.87. The molecule has 1 aromatic rings. The minimum Gasteiger partial charge on any atom is -0.384 e. The van der Waals surface area contributed by atoms with Gasteiger partial charge in [-0.2, -0.15) is 5.26 Å². The first-order valence-electron chi connectivity index (χ1n) is 6.19. The largest absolute Gasteiger partial charge is 0.384 e. The number of amidine groups is 1. The van der Waals surface area contributed by atoms with Crippen molar-refractivity contribution < 1.29 is 4.74 Å². The van der Waals surface area contributed by atoms with Crippen molar-refractivity contribution in [3.8, 4) is 6.07 Å². The summed E-state index contributed by atoms with van der Waals surface area (Å²) in [6.45, 7) is 4.65. The number of aryl methyl sites for hydroxylation is 1. The van der Waals surface area contributed by atoms with Gasteiger partial charge in [0.25, 0.3) is 0 Å². The Morgan fingerprint density at radius 1 is 1.42 bits per heavy atom. The summed E-state index contributed by atoms with van der Waals surface area (Å²) < 4.78 is 5.67. The van der Waals surface area contributed by atoms with Crippen LogP contribution in [0.4, 0.5) is 0 Å². The molecule has 1 saturated heterocycles. The molecule has 0 aromatic heterocycles. The van der Waals surface area contributed by atoms with E-state index in [0.29, 0.717) is 13.1 Å². The number of nitrogens with zero attached hydrogens (tertiary/aromatic N) is 2. The van der Waals surface area contributed by atoms with E-state index >= 15 is 0 Å². The highest BCUT2D eigenvalue weighted by molar-refractivity contribution is 5.96. The minimum atomic E-state index is -1.17. The van der Waals surface area contributed by atoms with Crippen LogP contribution in [0.25, 0.3) is 0 Å². The quantitative estimate of drug-likeness (QED) is 0.474. The number of hydrogen-bond acceptors (Lipinski definition) is 4. The first-order chi connectivity index (χ1) is 9.00. The first kappa shape index (κ1) is 13.5. The predicted octanol–water partition coefficient (Wildman–Crippen LogP) is 0.819. The lowest BCUT2D eigenvalue weighted by Gasteiger charge is -2.11. The number of rotatable bonds is 4. The van der Waals surface area contributed by atoms with Gasteiger partial charge in [-0.1, -0.05) is 29.8 Å². The summed E-state index contributed by atoms with van der Waals surface area (Å²) in [6.07, 6.45) is 0. The molecule has 1 aliphatic heterocycles. The summed E-state index contributed by atoms with van der Waals surface area (Å²) in [5.41, 5.74) is 11.5. The smallest absolute Gasteiger partial charge is 0.245 e. The lowest BCUT2D eigenvalue weighted by Crippen LogP contribution is -2.37. The summed E-state index contributed by atoms with van der Waals surface area (Å²) in [7, 11) is 0. The summed E-state index contributed by atoms with van der Waals surface area (Å²) in [5.74, 6) is 0.198. The predicted molar refractivity (Wildman–Crippen MR) is 73.5 cm³/mol. The van der Waals surface area contributed by atoms with Crippen LogP contribution in [0.15, 0.2) is 29.3 Å². The molecule has 0 amide bonds. The Morgan fingerprint density at radius 3 is 2.58 bits per heavy atom. The standard InChI is InChI=1S/C14H18N4O/c1-10-3-5-11(6-4-10)13(2)14(9-16,19-13)12(17)18-8-7-15/h3-6H,7-8,15H2,1-2H3,(H2,17,18)/t13-,14-/m0/s1. The second-order valence-corrected chi connectivity index (χ2v) is 4.85. The van der Waals surface area contributed by atoms with Crippen LogP contribution in [0.3, 0.4) is 0 Å². The van der Waals surface area contributed by atoms with Crippen LogP contribution in [-0.4, -0.2) is 24.5 Å². The normalized spacial score (nSPS) is 29.9. The van der Waals surface area contributed by atoms with Crippen LogP contribution in [0.2, 0.25) is 0 Å². The van der Waals surface area contributed by atoms with E-state index in [9.17, 15) is 5.26 Å². The van der Waals surface area contributed by atoms with Gasteiger partial charge in [0.1, 0.15) is 17.5 Å². The highest BCUT2D eigenvalue weighted by atomic mass is 16.6. The van der Waals surface area contributed by atoms with E-state index in [0.717, 1.165) is 11.1 Å². The molecule has 19 heavy (non-hydrogen) atoms. The number of benzene rings is 1. The van der Waals surface area contributed by atoms with Gasteiger partial charge in [-0.25, -0.2) is 0 Å². The van der Waals surface area contributed by atoms with Crippen LogP contribution in [-0.2, 0) is 10.3 Å². The first-order valence-corrected chi connectivity index (χ1v) is 6.19. The van der Waals surface area contributed by atoms with E-state index in [1.54, 1.807) is 0 Å². The molecule has 0 saturated carbocycles. The zero-order chi connectivity index (χ0) is 14.1. The fourth-order valence-corrected chi connectivity index (χ4v) is 2.19. The number of aliphatic imine (C=N–C) groups is 1. The summed E-state index contributed by atoms with van der Waals surface area (Å²) in [5, 5.41) is 9.41. The highest BCUT2D eigenvalue weighted by Gasteiger charge is 2.72. The van der Waals surface area contributed by atoms with Crippen LogP contribution in [0, 0.1) is 18.3 Å². The molecule has 5 heteroatoms. The number of ether oxygens (including phenoxy) is 1. The molecular weight excluding hydrogens is 240 g/mol. The van der Waals surface area contributed by atoms with Crippen LogP contribution < -0.4 is 11.5 Å². The van der Waals surface area contributed by atoms with Crippen LogP contribution in [0.5, 0.6) is 0 Å². The maximum absolute atomic E-state index is 9.41. The molecule has 1 aliphatic rings. The molecule has 0 radical (unpaired) electrons. The van der Waals surface area contributed by atoms with Gasteiger partial charge < -0.3 is 16.2 Å². The molecule has 100 valence electrons. The Kier molecular flexibility index (Phi) is 3.31. The van der Waals surface area contributed by atoms with Crippen LogP contribution >= 0.6 is 0 Å². The Morgan fingerprint density at radius 2 is 2.05 bits per heavy atom. The van der Waals surface area contributed by atoms with Gasteiger partial charge in [0, 0.05) is 6.54 Å². The zero-order valence-electron chi connectivity index (χ0n) is 11.2. The highest BCUT2D eigenvalue weighted by Crippen LogP contribution is 2.55. The summed E-state index contributed by atoms with van der Waals surface area (Å²) >= 11 is 0. The van der Waals surface area contributed by atoms with Crippen molar-refractivity contribution in [2.24, 2.45) is 16.5 Å². The van der Waals surface area contributed by atoms with Crippen molar-refractivity contribution in [1.82, 2.24) is 0 Å². The van der Waals surface area contributed by atoms with E-state index in [1.807, 2.05) is 38.1 Å². The monoisotopic (exact) mass is 258 g/mol. The number of epoxide rings is 1. The van der Waals surface area contributed by atoms with E-state index in [1.165, 1.54) is 0 Å². The third kappa shape index (κ3) is 1.99. The van der Waals surface area contributed by atoms with Gasteiger partial charge in [0.2, 0.25) is 5.60 Å². The topological polar surface area (TPSA) is 101 Å². The number of nitriles is 1.